The van der Waals surface area contributed by atoms with Crippen LogP contribution in [-0.4, -0.2) is 39.0 Å². The average molecular weight is 361 g/mol. The lowest BCUT2D eigenvalue weighted by molar-refractivity contribution is 0.0798. The van der Waals surface area contributed by atoms with Crippen molar-refractivity contribution in [2.75, 3.05) is 20.2 Å². The molecule has 0 aliphatic carbocycles. The molecule has 0 bridgehead atoms. The van der Waals surface area contributed by atoms with Crippen molar-refractivity contribution >= 4 is 10.0 Å². The predicted molar refractivity (Wildman–Crippen MR) is 96.8 cm³/mol. The summed E-state index contributed by atoms with van der Waals surface area (Å²) in [6.07, 6.45) is -0.347. The summed E-state index contributed by atoms with van der Waals surface area (Å²) in [5.74, 6) is 1.33. The van der Waals surface area contributed by atoms with Gasteiger partial charge in [-0.1, -0.05) is 29.8 Å². The Morgan fingerprint density at radius 2 is 1.68 bits per heavy atom. The first kappa shape index (κ1) is 17.8. The summed E-state index contributed by atoms with van der Waals surface area (Å²) in [4.78, 5) is 0.373. The summed E-state index contributed by atoms with van der Waals surface area (Å²) in [7, 11) is -2.01. The molecule has 0 N–H and O–H groups in total. The summed E-state index contributed by atoms with van der Waals surface area (Å²) in [5, 5.41) is 0. The molecular formula is C19H23NO4S. The molecule has 2 aromatic carbocycles. The third-order valence-corrected chi connectivity index (χ3v) is 6.43. The highest BCUT2D eigenvalue weighted by molar-refractivity contribution is 7.89. The first-order chi connectivity index (χ1) is 11.8. The summed E-state index contributed by atoms with van der Waals surface area (Å²) in [6.45, 7) is 6.17. The molecule has 0 saturated carbocycles. The number of fused-ring (bicyclic) bond motifs is 1. The van der Waals surface area contributed by atoms with Crippen LogP contribution in [0.25, 0.3) is 0 Å². The van der Waals surface area contributed by atoms with Crippen LogP contribution < -0.4 is 9.47 Å². The molecule has 5 nitrogen and oxygen atoms in total. The number of para-hydroxylation sites is 2. The van der Waals surface area contributed by atoms with Gasteiger partial charge in [-0.3, -0.25) is 0 Å². The van der Waals surface area contributed by atoms with E-state index in [0.29, 0.717) is 23.0 Å². The average Bonchev–Trinajstić information content (AvgIpc) is 2.53. The third-order valence-electron chi connectivity index (χ3n) is 4.30. The quantitative estimate of drug-likeness (QED) is 0.840. The summed E-state index contributed by atoms with van der Waals surface area (Å²) < 4.78 is 39.0. The van der Waals surface area contributed by atoms with Crippen molar-refractivity contribution in [3.8, 4) is 11.5 Å². The molecule has 2 aromatic rings. The number of likely N-dealkylation sites (N-methyl/N-ethyl adjacent to an activating group) is 1. The Labute approximate surface area is 149 Å². The van der Waals surface area contributed by atoms with Crippen LogP contribution in [0, 0.1) is 20.8 Å². The van der Waals surface area contributed by atoms with E-state index in [9.17, 15) is 8.42 Å². The number of ether oxygens (including phenoxy) is 2. The summed E-state index contributed by atoms with van der Waals surface area (Å²) >= 11 is 0. The molecule has 0 saturated heterocycles. The van der Waals surface area contributed by atoms with E-state index in [-0.39, 0.29) is 12.6 Å². The zero-order valence-corrected chi connectivity index (χ0v) is 15.8. The van der Waals surface area contributed by atoms with E-state index < -0.39 is 10.0 Å². The second-order valence-corrected chi connectivity index (χ2v) is 8.49. The van der Waals surface area contributed by atoms with Crippen LogP contribution in [0.2, 0.25) is 0 Å². The number of sulfonamides is 1. The highest BCUT2D eigenvalue weighted by atomic mass is 32.2. The monoisotopic (exact) mass is 361 g/mol. The summed E-state index contributed by atoms with van der Waals surface area (Å²) in [6, 6.07) is 11.2. The molecule has 1 aliphatic heterocycles. The number of rotatable bonds is 4. The zero-order valence-electron chi connectivity index (χ0n) is 14.9. The van der Waals surface area contributed by atoms with Gasteiger partial charge >= 0.3 is 0 Å². The van der Waals surface area contributed by atoms with Gasteiger partial charge in [-0.15, -0.1) is 0 Å². The van der Waals surface area contributed by atoms with Gasteiger partial charge in [0.05, 0.1) is 11.4 Å². The molecule has 0 radical (unpaired) electrons. The molecule has 0 amide bonds. The Hall–Kier alpha value is -2.05. The van der Waals surface area contributed by atoms with Crippen molar-refractivity contribution in [2.24, 2.45) is 0 Å². The smallest absolute Gasteiger partial charge is 0.243 e. The highest BCUT2D eigenvalue weighted by Crippen LogP contribution is 2.31. The van der Waals surface area contributed by atoms with E-state index in [4.69, 9.17) is 9.47 Å². The lowest BCUT2D eigenvalue weighted by atomic mass is 10.1. The number of aryl methyl sites for hydroxylation is 3. The Morgan fingerprint density at radius 1 is 1.08 bits per heavy atom. The van der Waals surface area contributed by atoms with Crippen LogP contribution in [0.4, 0.5) is 0 Å². The zero-order chi connectivity index (χ0) is 18.2. The second kappa shape index (κ2) is 6.69. The van der Waals surface area contributed by atoms with Crippen LogP contribution in [0.5, 0.6) is 11.5 Å². The summed E-state index contributed by atoms with van der Waals surface area (Å²) in [5.41, 5.74) is 2.57. The van der Waals surface area contributed by atoms with Gasteiger partial charge in [0, 0.05) is 7.05 Å². The largest absolute Gasteiger partial charge is 0.486 e. The Bertz CT molecular complexity index is 869. The number of benzene rings is 2. The van der Waals surface area contributed by atoms with Gasteiger partial charge in [-0.25, -0.2) is 8.42 Å². The standard InChI is InChI=1S/C19H23NO4S/c1-13-9-14(2)19(15(3)10-13)25(21,22)20(4)11-16-12-23-17-7-5-6-8-18(17)24-16/h5-10,16H,11-12H2,1-4H3/t16-/m0/s1. The number of nitrogens with zero attached hydrogens (tertiary/aromatic N) is 1. The second-order valence-electron chi connectivity index (χ2n) is 6.51. The number of hydrogen-bond acceptors (Lipinski definition) is 4. The van der Waals surface area contributed by atoms with Crippen molar-refractivity contribution in [2.45, 2.75) is 31.8 Å². The van der Waals surface area contributed by atoms with Gasteiger partial charge in [-0.2, -0.15) is 4.31 Å². The Morgan fingerprint density at radius 3 is 2.32 bits per heavy atom. The van der Waals surface area contributed by atoms with E-state index in [1.165, 1.54) is 4.31 Å². The van der Waals surface area contributed by atoms with E-state index in [2.05, 4.69) is 0 Å². The van der Waals surface area contributed by atoms with Gasteiger partial charge < -0.3 is 9.47 Å². The fraction of sp³-hybridized carbons (Fsp3) is 0.368. The molecule has 0 fully saturated rings. The van der Waals surface area contributed by atoms with Crippen LogP contribution >= 0.6 is 0 Å². The fourth-order valence-electron chi connectivity index (χ4n) is 3.27. The third kappa shape index (κ3) is 3.50. The molecule has 1 atom stereocenters. The van der Waals surface area contributed by atoms with Gasteiger partial charge in [0.15, 0.2) is 11.5 Å². The van der Waals surface area contributed by atoms with Crippen LogP contribution in [-0.2, 0) is 10.0 Å². The van der Waals surface area contributed by atoms with Crippen molar-refractivity contribution in [3.63, 3.8) is 0 Å². The van der Waals surface area contributed by atoms with Crippen molar-refractivity contribution in [1.82, 2.24) is 4.31 Å². The Balaban J connectivity index is 1.81. The van der Waals surface area contributed by atoms with Crippen molar-refractivity contribution < 1.29 is 17.9 Å². The van der Waals surface area contributed by atoms with Gasteiger partial charge in [0.25, 0.3) is 0 Å². The SMILES string of the molecule is Cc1cc(C)c(S(=O)(=O)N(C)C[C@H]2COc3ccccc3O2)c(C)c1. The molecular weight excluding hydrogens is 338 g/mol. The first-order valence-corrected chi connectivity index (χ1v) is 9.65. The lowest BCUT2D eigenvalue weighted by Crippen LogP contribution is -2.42. The normalized spacial score (nSPS) is 16.9. The maximum atomic E-state index is 13.0. The minimum atomic E-state index is -3.60. The Kier molecular flexibility index (Phi) is 4.75. The van der Waals surface area contributed by atoms with E-state index in [0.717, 1.165) is 16.7 Å². The molecule has 6 heteroatoms. The van der Waals surface area contributed by atoms with Crippen LogP contribution in [0.3, 0.4) is 0 Å². The van der Waals surface area contributed by atoms with Gasteiger partial charge in [-0.05, 0) is 44.0 Å². The predicted octanol–water partition coefficient (Wildman–Crippen LogP) is 3.07. The molecule has 0 unspecified atom stereocenters. The first-order valence-electron chi connectivity index (χ1n) is 8.21. The van der Waals surface area contributed by atoms with E-state index in [1.807, 2.05) is 57.2 Å². The minimum Gasteiger partial charge on any atom is -0.486 e. The molecule has 0 spiro atoms. The molecule has 134 valence electrons. The van der Waals surface area contributed by atoms with E-state index >= 15 is 0 Å². The maximum Gasteiger partial charge on any atom is 0.243 e. The van der Waals surface area contributed by atoms with Gasteiger partial charge in [0.2, 0.25) is 10.0 Å². The fourth-order valence-corrected chi connectivity index (χ4v) is 4.87. The number of hydrogen-bond donors (Lipinski definition) is 0. The lowest BCUT2D eigenvalue weighted by Gasteiger charge is -2.29. The molecule has 0 aromatic heterocycles. The van der Waals surface area contributed by atoms with Crippen LogP contribution in [0.1, 0.15) is 16.7 Å². The van der Waals surface area contributed by atoms with E-state index in [1.54, 1.807) is 7.05 Å². The molecule has 1 heterocycles. The topological polar surface area (TPSA) is 55.8 Å². The van der Waals surface area contributed by atoms with Crippen LogP contribution in [0.15, 0.2) is 41.3 Å². The molecule has 3 rings (SSSR count). The molecule has 25 heavy (non-hydrogen) atoms. The van der Waals surface area contributed by atoms with Crippen molar-refractivity contribution in [3.05, 3.63) is 53.1 Å². The molecule has 1 aliphatic rings. The maximum absolute atomic E-state index is 13.0. The minimum absolute atomic E-state index is 0.226. The van der Waals surface area contributed by atoms with Crippen molar-refractivity contribution in [1.29, 1.82) is 0 Å². The van der Waals surface area contributed by atoms with Gasteiger partial charge in [0.1, 0.15) is 12.7 Å². The highest BCUT2D eigenvalue weighted by Gasteiger charge is 2.30.